The van der Waals surface area contributed by atoms with Gasteiger partial charge in [0.1, 0.15) is 17.9 Å². The summed E-state index contributed by atoms with van der Waals surface area (Å²) in [4.78, 5) is 4.11. The third kappa shape index (κ3) is 3.38. The number of nitrogens with zero attached hydrogens (tertiary/aromatic N) is 2. The molecule has 3 N–H and O–H groups in total. The maximum Gasteiger partial charge on any atom is 0.130 e. The molecule has 1 aromatic carbocycles. The van der Waals surface area contributed by atoms with Gasteiger partial charge in [0.25, 0.3) is 0 Å². The molecule has 1 fully saturated rings. The topological polar surface area (TPSA) is 73.8 Å². The van der Waals surface area contributed by atoms with E-state index in [1.165, 1.54) is 48.0 Å². The Kier molecular flexibility index (Phi) is 5.02. The Balaban J connectivity index is 1.26. The van der Waals surface area contributed by atoms with Crippen LogP contribution in [-0.2, 0) is 11.8 Å². The molecular formula is C27H31FN4O. The van der Waals surface area contributed by atoms with Gasteiger partial charge < -0.3 is 10.4 Å². The highest BCUT2D eigenvalue weighted by atomic mass is 19.1. The maximum atomic E-state index is 13.5. The summed E-state index contributed by atoms with van der Waals surface area (Å²) in [7, 11) is 0. The SMILES string of the molecule is C[C@]12CCC3c4ccccc4CCC3C1[C@H](CCC(O)Nc1cc(F)ccn1)c1c[nH]nc12. The van der Waals surface area contributed by atoms with Gasteiger partial charge in [0.15, 0.2) is 0 Å². The number of anilines is 1. The molecule has 0 bridgehead atoms. The van der Waals surface area contributed by atoms with Crippen LogP contribution in [0, 0.1) is 17.7 Å². The summed E-state index contributed by atoms with van der Waals surface area (Å²) in [6.45, 7) is 2.42. The number of aryl methyl sites for hydroxylation is 1. The highest BCUT2D eigenvalue weighted by molar-refractivity contribution is 5.43. The lowest BCUT2D eigenvalue weighted by Gasteiger charge is -2.50. The summed E-state index contributed by atoms with van der Waals surface area (Å²) in [5.41, 5.74) is 5.73. The first kappa shape index (κ1) is 20.8. The molecule has 6 atom stereocenters. The van der Waals surface area contributed by atoms with Crippen molar-refractivity contribution in [2.45, 2.75) is 68.9 Å². The number of aliphatic hydroxyl groups is 1. The van der Waals surface area contributed by atoms with Gasteiger partial charge in [-0.25, -0.2) is 9.37 Å². The molecule has 4 unspecified atom stereocenters. The lowest BCUT2D eigenvalue weighted by molar-refractivity contribution is 0.0752. The number of fused-ring (bicyclic) bond motifs is 7. The summed E-state index contributed by atoms with van der Waals surface area (Å²) >= 11 is 0. The number of aromatic nitrogens is 3. The molecule has 3 aliphatic carbocycles. The summed E-state index contributed by atoms with van der Waals surface area (Å²) in [5, 5.41) is 21.5. The number of H-pyrrole nitrogens is 1. The number of pyridine rings is 1. The molecule has 0 amide bonds. The second kappa shape index (κ2) is 7.94. The predicted molar refractivity (Wildman–Crippen MR) is 125 cm³/mol. The fourth-order valence-electron chi connectivity index (χ4n) is 7.42. The zero-order chi connectivity index (χ0) is 22.6. The summed E-state index contributed by atoms with van der Waals surface area (Å²) in [6, 6.07) is 11.6. The van der Waals surface area contributed by atoms with E-state index < -0.39 is 6.23 Å². The van der Waals surface area contributed by atoms with Crippen LogP contribution >= 0.6 is 0 Å². The van der Waals surface area contributed by atoms with Crippen molar-refractivity contribution < 1.29 is 9.50 Å². The van der Waals surface area contributed by atoms with Crippen LogP contribution in [0.5, 0.6) is 0 Å². The predicted octanol–water partition coefficient (Wildman–Crippen LogP) is 5.27. The molecule has 2 heterocycles. The second-order valence-corrected chi connectivity index (χ2v) is 10.4. The van der Waals surface area contributed by atoms with Crippen LogP contribution in [0.3, 0.4) is 0 Å². The third-order valence-electron chi connectivity index (χ3n) is 8.72. The number of hydrogen-bond donors (Lipinski definition) is 3. The molecular weight excluding hydrogens is 415 g/mol. The van der Waals surface area contributed by atoms with Gasteiger partial charge in [0.2, 0.25) is 0 Å². The van der Waals surface area contributed by atoms with Crippen molar-refractivity contribution in [1.29, 1.82) is 0 Å². The van der Waals surface area contributed by atoms with Crippen LogP contribution in [-0.4, -0.2) is 26.5 Å². The fraction of sp³-hybridized carbons (Fsp3) is 0.481. The Hall–Kier alpha value is -2.73. The van der Waals surface area contributed by atoms with Crippen molar-refractivity contribution in [1.82, 2.24) is 15.2 Å². The molecule has 1 saturated carbocycles. The van der Waals surface area contributed by atoms with E-state index in [1.807, 2.05) is 0 Å². The van der Waals surface area contributed by atoms with Crippen molar-refractivity contribution in [2.75, 3.05) is 5.32 Å². The van der Waals surface area contributed by atoms with Gasteiger partial charge >= 0.3 is 0 Å². The number of nitrogens with one attached hydrogen (secondary N) is 2. The van der Waals surface area contributed by atoms with Gasteiger partial charge in [-0.2, -0.15) is 5.10 Å². The second-order valence-electron chi connectivity index (χ2n) is 10.4. The zero-order valence-corrected chi connectivity index (χ0v) is 19.0. The molecule has 3 aliphatic rings. The quantitative estimate of drug-likeness (QED) is 0.467. The Bertz CT molecular complexity index is 1160. The lowest BCUT2D eigenvalue weighted by Crippen LogP contribution is -2.44. The monoisotopic (exact) mass is 446 g/mol. The molecule has 172 valence electrons. The molecule has 5 nitrogen and oxygen atoms in total. The Labute approximate surface area is 193 Å². The number of aliphatic hydroxyl groups excluding tert-OH is 1. The molecule has 0 aliphatic heterocycles. The Morgan fingerprint density at radius 1 is 1.24 bits per heavy atom. The van der Waals surface area contributed by atoms with Crippen LogP contribution in [0.25, 0.3) is 0 Å². The highest BCUT2D eigenvalue weighted by Gasteiger charge is 2.58. The number of hydrogen-bond acceptors (Lipinski definition) is 4. The first-order chi connectivity index (χ1) is 16.0. The van der Waals surface area contributed by atoms with Gasteiger partial charge in [0, 0.05) is 23.9 Å². The van der Waals surface area contributed by atoms with E-state index in [-0.39, 0.29) is 11.2 Å². The standard InChI is InChI=1S/C27H31FN4O/c1-27-12-10-19-18-5-3-2-4-16(18)6-7-20(19)25(27)21(22-15-30-32-26(22)27)8-9-24(33)31-23-14-17(28)11-13-29-23/h2-5,11,13-15,19-21,24-25,33H,6-10,12H2,1H3,(H,29,31)(H,30,32)/t19?,20?,21-,24?,25?,27+/m1/s1. The average Bonchev–Trinajstić information content (AvgIpc) is 3.38. The summed E-state index contributed by atoms with van der Waals surface area (Å²) < 4.78 is 13.5. The van der Waals surface area contributed by atoms with E-state index >= 15 is 0 Å². The summed E-state index contributed by atoms with van der Waals surface area (Å²) in [6.07, 6.45) is 8.90. The summed E-state index contributed by atoms with van der Waals surface area (Å²) in [5.74, 6) is 2.13. The van der Waals surface area contributed by atoms with Gasteiger partial charge in [-0.3, -0.25) is 5.10 Å². The molecule has 0 radical (unpaired) electrons. The highest BCUT2D eigenvalue weighted by Crippen LogP contribution is 2.64. The molecule has 33 heavy (non-hydrogen) atoms. The average molecular weight is 447 g/mol. The zero-order valence-electron chi connectivity index (χ0n) is 19.0. The molecule has 2 aromatic heterocycles. The molecule has 3 aromatic rings. The van der Waals surface area contributed by atoms with Crippen LogP contribution < -0.4 is 5.32 Å². The van der Waals surface area contributed by atoms with Crippen molar-refractivity contribution in [3.8, 4) is 0 Å². The molecule has 0 saturated heterocycles. The maximum absolute atomic E-state index is 13.5. The van der Waals surface area contributed by atoms with Crippen molar-refractivity contribution in [2.24, 2.45) is 11.8 Å². The number of benzene rings is 1. The normalized spacial score (nSPS) is 30.6. The van der Waals surface area contributed by atoms with Crippen LogP contribution in [0.2, 0.25) is 0 Å². The van der Waals surface area contributed by atoms with Crippen molar-refractivity contribution >= 4 is 5.82 Å². The van der Waals surface area contributed by atoms with Gasteiger partial charge in [-0.05, 0) is 85.0 Å². The minimum absolute atomic E-state index is 0.0793. The van der Waals surface area contributed by atoms with E-state index in [0.29, 0.717) is 35.9 Å². The lowest BCUT2D eigenvalue weighted by atomic mass is 9.53. The minimum Gasteiger partial charge on any atom is -0.374 e. The molecule has 0 spiro atoms. The van der Waals surface area contributed by atoms with Gasteiger partial charge in [-0.15, -0.1) is 0 Å². The number of rotatable bonds is 5. The van der Waals surface area contributed by atoms with E-state index in [0.717, 1.165) is 19.3 Å². The van der Waals surface area contributed by atoms with Crippen molar-refractivity contribution in [3.05, 3.63) is 77.0 Å². The van der Waals surface area contributed by atoms with E-state index in [1.54, 1.807) is 5.56 Å². The first-order valence-corrected chi connectivity index (χ1v) is 12.2. The van der Waals surface area contributed by atoms with Crippen LogP contribution in [0.15, 0.2) is 48.8 Å². The number of halogens is 1. The first-order valence-electron chi connectivity index (χ1n) is 12.2. The van der Waals surface area contributed by atoms with Crippen LogP contribution in [0.1, 0.15) is 73.2 Å². The smallest absolute Gasteiger partial charge is 0.130 e. The Morgan fingerprint density at radius 3 is 3.00 bits per heavy atom. The van der Waals surface area contributed by atoms with Crippen LogP contribution in [0.4, 0.5) is 10.2 Å². The third-order valence-corrected chi connectivity index (χ3v) is 8.72. The molecule has 6 rings (SSSR count). The van der Waals surface area contributed by atoms with E-state index in [4.69, 9.17) is 5.10 Å². The fourth-order valence-corrected chi connectivity index (χ4v) is 7.42. The number of aromatic amines is 1. The molecule has 6 heteroatoms. The Morgan fingerprint density at radius 2 is 2.12 bits per heavy atom. The van der Waals surface area contributed by atoms with Crippen molar-refractivity contribution in [3.63, 3.8) is 0 Å². The largest absolute Gasteiger partial charge is 0.374 e. The van der Waals surface area contributed by atoms with E-state index in [2.05, 4.69) is 52.8 Å². The minimum atomic E-state index is -0.770. The van der Waals surface area contributed by atoms with E-state index in [9.17, 15) is 9.50 Å². The van der Waals surface area contributed by atoms with Gasteiger partial charge in [0.05, 0.1) is 5.69 Å². The van der Waals surface area contributed by atoms with Gasteiger partial charge in [-0.1, -0.05) is 31.2 Å².